The van der Waals surface area contributed by atoms with Crippen molar-refractivity contribution in [3.05, 3.63) is 53.3 Å². The molecule has 6 nitrogen and oxygen atoms in total. The van der Waals surface area contributed by atoms with Crippen LogP contribution in [0.2, 0.25) is 0 Å². The fourth-order valence-corrected chi connectivity index (χ4v) is 7.45. The molecule has 0 aliphatic carbocycles. The number of rotatable bonds is 7. The largest absolute Gasteiger partial charge is 0.376 e. The predicted molar refractivity (Wildman–Crippen MR) is 132 cm³/mol. The van der Waals surface area contributed by atoms with Gasteiger partial charge in [0.2, 0.25) is 10.0 Å². The number of thioether (sulfide) groups is 1. The summed E-state index contributed by atoms with van der Waals surface area (Å²) in [5.74, 6) is -3.49. The number of hydrogen-bond acceptors (Lipinski definition) is 5. The highest BCUT2D eigenvalue weighted by Crippen LogP contribution is 2.32. The Kier molecular flexibility index (Phi) is 7.35. The molecule has 1 aromatic heterocycles. The Labute approximate surface area is 212 Å². The lowest BCUT2D eigenvalue weighted by Crippen LogP contribution is -2.39. The van der Waals surface area contributed by atoms with Crippen LogP contribution < -0.4 is 0 Å². The zero-order valence-corrected chi connectivity index (χ0v) is 21.6. The highest BCUT2D eigenvalue weighted by atomic mass is 32.2. The number of halogens is 3. The molecular weight excluding hydrogens is 511 g/mol. The van der Waals surface area contributed by atoms with Gasteiger partial charge in [-0.2, -0.15) is 4.31 Å². The van der Waals surface area contributed by atoms with Crippen molar-refractivity contribution in [1.82, 2.24) is 13.9 Å². The molecule has 11 heteroatoms. The van der Waals surface area contributed by atoms with Crippen molar-refractivity contribution >= 4 is 32.8 Å². The van der Waals surface area contributed by atoms with Gasteiger partial charge in [0.25, 0.3) is 0 Å². The Morgan fingerprint density at radius 1 is 1.11 bits per heavy atom. The third-order valence-corrected chi connectivity index (χ3v) is 9.67. The van der Waals surface area contributed by atoms with Crippen LogP contribution in [0.25, 0.3) is 11.0 Å². The number of nitrogens with zero attached hydrogens (tertiary/aromatic N) is 3. The van der Waals surface area contributed by atoms with E-state index in [-0.39, 0.29) is 22.3 Å². The van der Waals surface area contributed by atoms with Crippen molar-refractivity contribution in [1.29, 1.82) is 0 Å². The van der Waals surface area contributed by atoms with E-state index in [1.807, 2.05) is 4.57 Å². The summed E-state index contributed by atoms with van der Waals surface area (Å²) < 4.78 is 76.7. The van der Waals surface area contributed by atoms with Gasteiger partial charge in [-0.25, -0.2) is 26.6 Å². The van der Waals surface area contributed by atoms with E-state index in [2.05, 4.69) is 6.92 Å². The Bertz CT molecular complexity index is 1350. The molecule has 2 aromatic carbocycles. The van der Waals surface area contributed by atoms with Gasteiger partial charge in [-0.3, -0.25) is 0 Å². The highest BCUT2D eigenvalue weighted by molar-refractivity contribution is 7.98. The number of ether oxygens (including phenoxy) is 1. The second kappa shape index (κ2) is 10.4. The van der Waals surface area contributed by atoms with Crippen molar-refractivity contribution in [3.63, 3.8) is 0 Å². The molecule has 2 atom stereocenters. The standard InChI is InChI=1S/C25H28F3N3O3S2/c1-16-4-2-8-30(13-16)36(32,33)19-6-7-23-22(12-19)29-25(31(23)14-18-5-3-9-34-18)35-15-17-10-20(26)24(28)21(27)11-17/h6-7,10-12,16,18H,2-5,8-9,13-15H2,1H3. The molecule has 3 aromatic rings. The van der Waals surface area contributed by atoms with Crippen molar-refractivity contribution in [3.8, 4) is 0 Å². The Morgan fingerprint density at radius 3 is 2.58 bits per heavy atom. The molecule has 0 bridgehead atoms. The van der Waals surface area contributed by atoms with Crippen LogP contribution in [-0.4, -0.2) is 48.1 Å². The van der Waals surface area contributed by atoms with E-state index < -0.39 is 27.5 Å². The van der Waals surface area contributed by atoms with Crippen LogP contribution in [0.4, 0.5) is 13.2 Å². The molecule has 2 aliphatic rings. The number of sulfonamides is 1. The van der Waals surface area contributed by atoms with Gasteiger partial charge in [-0.1, -0.05) is 18.7 Å². The van der Waals surface area contributed by atoms with E-state index in [1.54, 1.807) is 22.5 Å². The maximum atomic E-state index is 13.7. The number of benzene rings is 2. The van der Waals surface area contributed by atoms with Gasteiger partial charge < -0.3 is 9.30 Å². The van der Waals surface area contributed by atoms with Gasteiger partial charge in [0, 0.05) is 25.4 Å². The van der Waals surface area contributed by atoms with Gasteiger partial charge in [0.05, 0.1) is 28.6 Å². The van der Waals surface area contributed by atoms with Crippen LogP contribution >= 0.6 is 11.8 Å². The molecule has 2 aliphatic heterocycles. The van der Waals surface area contributed by atoms with E-state index in [0.717, 1.165) is 43.3 Å². The molecule has 0 saturated carbocycles. The third kappa shape index (κ3) is 5.16. The van der Waals surface area contributed by atoms with Crippen molar-refractivity contribution in [2.24, 2.45) is 5.92 Å². The van der Waals surface area contributed by atoms with E-state index in [0.29, 0.717) is 42.8 Å². The number of aromatic nitrogens is 2. The zero-order chi connectivity index (χ0) is 25.4. The van der Waals surface area contributed by atoms with Crippen LogP contribution in [0.3, 0.4) is 0 Å². The molecule has 194 valence electrons. The van der Waals surface area contributed by atoms with Crippen molar-refractivity contribution in [2.75, 3.05) is 19.7 Å². The Balaban J connectivity index is 1.47. The van der Waals surface area contributed by atoms with Gasteiger partial charge in [-0.05, 0) is 67.5 Å². The molecule has 2 saturated heterocycles. The number of piperidine rings is 1. The fourth-order valence-electron chi connectivity index (χ4n) is 4.88. The lowest BCUT2D eigenvalue weighted by molar-refractivity contribution is 0.0960. The second-order valence-corrected chi connectivity index (χ2v) is 12.4. The summed E-state index contributed by atoms with van der Waals surface area (Å²) >= 11 is 1.25. The number of fused-ring (bicyclic) bond motifs is 1. The van der Waals surface area contributed by atoms with Gasteiger partial charge >= 0.3 is 0 Å². The molecule has 0 amide bonds. The monoisotopic (exact) mass is 539 g/mol. The van der Waals surface area contributed by atoms with Crippen molar-refractivity contribution in [2.45, 2.75) is 61.1 Å². The minimum Gasteiger partial charge on any atom is -0.376 e. The highest BCUT2D eigenvalue weighted by Gasteiger charge is 2.29. The maximum Gasteiger partial charge on any atom is 0.243 e. The summed E-state index contributed by atoms with van der Waals surface area (Å²) in [7, 11) is -3.65. The SMILES string of the molecule is CC1CCCN(S(=O)(=O)c2ccc3c(c2)nc(SCc2cc(F)c(F)c(F)c2)n3CC2CCCO2)C1. The lowest BCUT2D eigenvalue weighted by atomic mass is 10.0. The summed E-state index contributed by atoms with van der Waals surface area (Å²) in [6.07, 6.45) is 3.72. The predicted octanol–water partition coefficient (Wildman–Crippen LogP) is 5.35. The summed E-state index contributed by atoms with van der Waals surface area (Å²) in [5.41, 5.74) is 1.57. The molecule has 5 rings (SSSR count). The zero-order valence-electron chi connectivity index (χ0n) is 19.9. The van der Waals surface area contributed by atoms with Crippen LogP contribution in [0, 0.1) is 23.4 Å². The first-order chi connectivity index (χ1) is 17.2. The summed E-state index contributed by atoms with van der Waals surface area (Å²) in [6, 6.07) is 6.92. The average molecular weight is 540 g/mol. The number of imidazole rings is 1. The van der Waals surface area contributed by atoms with Crippen molar-refractivity contribution < 1.29 is 26.3 Å². The van der Waals surface area contributed by atoms with Gasteiger partial charge in [-0.15, -0.1) is 0 Å². The summed E-state index contributed by atoms with van der Waals surface area (Å²) in [6.45, 7) is 4.27. The molecule has 2 fully saturated rings. The maximum absolute atomic E-state index is 13.7. The first kappa shape index (κ1) is 25.6. The lowest BCUT2D eigenvalue weighted by Gasteiger charge is -2.30. The third-order valence-electron chi connectivity index (χ3n) is 6.76. The topological polar surface area (TPSA) is 64.4 Å². The van der Waals surface area contributed by atoms with E-state index in [4.69, 9.17) is 9.72 Å². The molecular formula is C25H28F3N3O3S2. The molecule has 0 N–H and O–H groups in total. The molecule has 0 spiro atoms. The van der Waals surface area contributed by atoms with Gasteiger partial charge in [0.15, 0.2) is 22.6 Å². The Morgan fingerprint density at radius 2 is 1.89 bits per heavy atom. The minimum absolute atomic E-state index is 0.000654. The smallest absolute Gasteiger partial charge is 0.243 e. The van der Waals surface area contributed by atoms with E-state index >= 15 is 0 Å². The summed E-state index contributed by atoms with van der Waals surface area (Å²) in [4.78, 5) is 4.89. The first-order valence-corrected chi connectivity index (χ1v) is 14.5. The van der Waals surface area contributed by atoms with E-state index in [1.165, 1.54) is 11.8 Å². The first-order valence-electron chi connectivity index (χ1n) is 12.1. The molecule has 0 radical (unpaired) electrons. The van der Waals surface area contributed by atoms with Gasteiger partial charge in [0.1, 0.15) is 0 Å². The quantitative estimate of drug-likeness (QED) is 0.299. The number of hydrogen-bond donors (Lipinski definition) is 0. The van der Waals surface area contributed by atoms with Crippen LogP contribution in [0.15, 0.2) is 40.4 Å². The van der Waals surface area contributed by atoms with E-state index in [9.17, 15) is 21.6 Å². The molecule has 2 unspecified atom stereocenters. The van der Waals surface area contributed by atoms with Crippen LogP contribution in [-0.2, 0) is 27.1 Å². The normalized spacial score (nSPS) is 21.4. The average Bonchev–Trinajstić information content (AvgIpc) is 3.49. The molecule has 3 heterocycles. The Hall–Kier alpha value is -2.08. The molecule has 36 heavy (non-hydrogen) atoms. The summed E-state index contributed by atoms with van der Waals surface area (Å²) in [5, 5.41) is 0.576. The second-order valence-electron chi connectivity index (χ2n) is 9.56. The van der Waals surface area contributed by atoms with Crippen LogP contribution in [0.1, 0.15) is 38.2 Å². The fraction of sp³-hybridized carbons (Fsp3) is 0.480. The minimum atomic E-state index is -3.65. The van der Waals surface area contributed by atoms with Crippen LogP contribution in [0.5, 0.6) is 0 Å².